The molecule has 0 saturated heterocycles. The molecule has 0 radical (unpaired) electrons. The summed E-state index contributed by atoms with van der Waals surface area (Å²) in [5, 5.41) is 17.0. The molecule has 3 N–H and O–H groups in total. The molecule has 3 aromatic carbocycles. The minimum atomic E-state index is -0.986. The van der Waals surface area contributed by atoms with Crippen LogP contribution in [0.2, 0.25) is 0 Å². The van der Waals surface area contributed by atoms with Crippen molar-refractivity contribution in [3.8, 4) is 11.5 Å². The van der Waals surface area contributed by atoms with Crippen molar-refractivity contribution in [2.45, 2.75) is 39.7 Å². The molecule has 0 aliphatic rings. The summed E-state index contributed by atoms with van der Waals surface area (Å²) in [6.07, 6.45) is 1.78. The Labute approximate surface area is 215 Å². The van der Waals surface area contributed by atoms with Crippen molar-refractivity contribution < 1.29 is 24.2 Å². The van der Waals surface area contributed by atoms with Gasteiger partial charge in [-0.1, -0.05) is 31.2 Å². The summed E-state index contributed by atoms with van der Waals surface area (Å²) in [6.45, 7) is 7.40. The SMILES string of the molecule is CCc1cc(Nc2cc(Oc3ccc(NC(=O)OC(C)(C)C)c4ccccc34)ccn2)cc(C(=O)O)c1. The Kier molecular flexibility index (Phi) is 7.29. The molecule has 0 bridgehead atoms. The second-order valence-electron chi connectivity index (χ2n) is 9.46. The van der Waals surface area contributed by atoms with Crippen LogP contribution in [-0.2, 0) is 11.2 Å². The molecule has 37 heavy (non-hydrogen) atoms. The summed E-state index contributed by atoms with van der Waals surface area (Å²) < 4.78 is 11.6. The van der Waals surface area contributed by atoms with Crippen LogP contribution >= 0.6 is 0 Å². The van der Waals surface area contributed by atoms with Crippen LogP contribution in [0.5, 0.6) is 11.5 Å². The number of anilines is 3. The fourth-order valence-electron chi connectivity index (χ4n) is 3.79. The van der Waals surface area contributed by atoms with Crippen LogP contribution in [0.1, 0.15) is 43.6 Å². The number of hydrogen-bond donors (Lipinski definition) is 3. The molecule has 4 aromatic rings. The van der Waals surface area contributed by atoms with E-state index in [-0.39, 0.29) is 5.56 Å². The number of amides is 1. The van der Waals surface area contributed by atoms with Crippen molar-refractivity contribution in [3.63, 3.8) is 0 Å². The first kappa shape index (κ1) is 25.5. The van der Waals surface area contributed by atoms with E-state index < -0.39 is 17.7 Å². The number of pyridine rings is 1. The first-order chi connectivity index (χ1) is 17.6. The van der Waals surface area contributed by atoms with Crippen LogP contribution in [0, 0.1) is 0 Å². The average Bonchev–Trinajstić information content (AvgIpc) is 2.84. The van der Waals surface area contributed by atoms with Gasteiger partial charge in [-0.05, 0) is 69.2 Å². The molecular formula is C29H29N3O5. The largest absolute Gasteiger partial charge is 0.478 e. The zero-order valence-electron chi connectivity index (χ0n) is 21.2. The second kappa shape index (κ2) is 10.6. The maximum atomic E-state index is 12.3. The summed E-state index contributed by atoms with van der Waals surface area (Å²) >= 11 is 0. The molecule has 0 unspecified atom stereocenters. The van der Waals surface area contributed by atoms with Crippen molar-refractivity contribution in [1.29, 1.82) is 0 Å². The van der Waals surface area contributed by atoms with Gasteiger partial charge in [0.15, 0.2) is 0 Å². The number of hydrogen-bond acceptors (Lipinski definition) is 6. The molecule has 1 heterocycles. The number of benzene rings is 3. The second-order valence-corrected chi connectivity index (χ2v) is 9.46. The molecule has 8 heteroatoms. The molecule has 0 saturated carbocycles. The van der Waals surface area contributed by atoms with Gasteiger partial charge in [0.05, 0.1) is 11.3 Å². The molecule has 0 aliphatic heterocycles. The molecule has 0 atom stereocenters. The van der Waals surface area contributed by atoms with Gasteiger partial charge in [-0.3, -0.25) is 5.32 Å². The van der Waals surface area contributed by atoms with Gasteiger partial charge in [-0.15, -0.1) is 0 Å². The van der Waals surface area contributed by atoms with E-state index in [1.807, 2.05) is 58.0 Å². The standard InChI is InChI=1S/C29H29N3O5/c1-5-18-14-19(27(33)34)16-20(15-18)31-26-17-21(12-13-30-26)36-25-11-10-24(22-8-6-7-9-23(22)25)32-28(35)37-29(2,3)4/h6-17H,5H2,1-4H3,(H,30,31)(H,32,35)(H,33,34). The van der Waals surface area contributed by atoms with Crippen molar-refractivity contribution in [2.75, 3.05) is 10.6 Å². The number of aromatic nitrogens is 1. The smallest absolute Gasteiger partial charge is 0.412 e. The van der Waals surface area contributed by atoms with E-state index in [0.29, 0.717) is 35.1 Å². The van der Waals surface area contributed by atoms with Gasteiger partial charge < -0.3 is 19.9 Å². The zero-order chi connectivity index (χ0) is 26.6. The van der Waals surface area contributed by atoms with Gasteiger partial charge in [0.2, 0.25) is 0 Å². The highest BCUT2D eigenvalue weighted by atomic mass is 16.6. The number of carbonyl (C=O) groups is 2. The van der Waals surface area contributed by atoms with Crippen molar-refractivity contribution in [1.82, 2.24) is 4.98 Å². The van der Waals surface area contributed by atoms with Gasteiger partial charge >= 0.3 is 12.1 Å². The number of carboxylic acids is 1. The zero-order valence-corrected chi connectivity index (χ0v) is 21.2. The lowest BCUT2D eigenvalue weighted by atomic mass is 10.1. The molecular weight excluding hydrogens is 470 g/mol. The van der Waals surface area contributed by atoms with Crippen LogP contribution in [-0.4, -0.2) is 27.8 Å². The highest BCUT2D eigenvalue weighted by molar-refractivity contribution is 6.03. The van der Waals surface area contributed by atoms with Gasteiger partial charge in [-0.2, -0.15) is 0 Å². The predicted molar refractivity (Wildman–Crippen MR) is 144 cm³/mol. The lowest BCUT2D eigenvalue weighted by Crippen LogP contribution is -2.27. The lowest BCUT2D eigenvalue weighted by molar-refractivity contribution is 0.0634. The Morgan fingerprint density at radius 2 is 1.73 bits per heavy atom. The van der Waals surface area contributed by atoms with Crippen LogP contribution in [0.4, 0.5) is 22.0 Å². The Bertz CT molecular complexity index is 1460. The Morgan fingerprint density at radius 1 is 0.973 bits per heavy atom. The van der Waals surface area contributed by atoms with Gasteiger partial charge in [0.1, 0.15) is 22.9 Å². The maximum absolute atomic E-state index is 12.3. The van der Waals surface area contributed by atoms with E-state index in [0.717, 1.165) is 16.3 Å². The van der Waals surface area contributed by atoms with Crippen LogP contribution in [0.15, 0.2) is 72.9 Å². The fraction of sp³-hybridized carbons (Fsp3) is 0.207. The normalized spacial score (nSPS) is 11.1. The summed E-state index contributed by atoms with van der Waals surface area (Å²) in [5.74, 6) is 0.665. The van der Waals surface area contributed by atoms with Crippen LogP contribution in [0.25, 0.3) is 10.8 Å². The third-order valence-corrected chi connectivity index (χ3v) is 5.40. The lowest BCUT2D eigenvalue weighted by Gasteiger charge is -2.20. The van der Waals surface area contributed by atoms with E-state index in [2.05, 4.69) is 15.6 Å². The van der Waals surface area contributed by atoms with E-state index in [1.165, 1.54) is 0 Å². The van der Waals surface area contributed by atoms with Crippen LogP contribution < -0.4 is 15.4 Å². The highest BCUT2D eigenvalue weighted by Gasteiger charge is 2.18. The van der Waals surface area contributed by atoms with Gasteiger partial charge in [0.25, 0.3) is 0 Å². The van der Waals surface area contributed by atoms with Gasteiger partial charge in [-0.25, -0.2) is 14.6 Å². The summed E-state index contributed by atoms with van der Waals surface area (Å²) in [7, 11) is 0. The molecule has 0 fully saturated rings. The van der Waals surface area contributed by atoms with Crippen molar-refractivity contribution >= 4 is 40.0 Å². The third kappa shape index (κ3) is 6.55. The van der Waals surface area contributed by atoms with Crippen molar-refractivity contribution in [2.24, 2.45) is 0 Å². The number of nitrogens with one attached hydrogen (secondary N) is 2. The number of aromatic carboxylic acids is 1. The maximum Gasteiger partial charge on any atom is 0.412 e. The number of nitrogens with zero attached hydrogens (tertiary/aromatic N) is 1. The number of ether oxygens (including phenoxy) is 2. The number of aryl methyl sites for hydroxylation is 1. The number of carboxylic acid groups (broad SMARTS) is 1. The number of carbonyl (C=O) groups excluding carboxylic acids is 1. The third-order valence-electron chi connectivity index (χ3n) is 5.40. The van der Waals surface area contributed by atoms with E-state index >= 15 is 0 Å². The predicted octanol–water partition coefficient (Wildman–Crippen LogP) is 7.38. The quantitative estimate of drug-likeness (QED) is 0.243. The average molecular weight is 500 g/mol. The van der Waals surface area contributed by atoms with Crippen molar-refractivity contribution in [3.05, 3.63) is 84.1 Å². The monoisotopic (exact) mass is 499 g/mol. The van der Waals surface area contributed by atoms with Crippen LogP contribution in [0.3, 0.4) is 0 Å². The van der Waals surface area contributed by atoms with E-state index in [1.54, 1.807) is 42.6 Å². The summed E-state index contributed by atoms with van der Waals surface area (Å²) in [6, 6.07) is 19.7. The Morgan fingerprint density at radius 3 is 2.43 bits per heavy atom. The Balaban J connectivity index is 1.58. The topological polar surface area (TPSA) is 110 Å². The minimum Gasteiger partial charge on any atom is -0.478 e. The summed E-state index contributed by atoms with van der Waals surface area (Å²) in [4.78, 5) is 28.2. The molecule has 8 nitrogen and oxygen atoms in total. The molecule has 1 amide bonds. The van der Waals surface area contributed by atoms with E-state index in [9.17, 15) is 14.7 Å². The molecule has 0 aliphatic carbocycles. The fourth-order valence-corrected chi connectivity index (χ4v) is 3.79. The van der Waals surface area contributed by atoms with Gasteiger partial charge in [0, 0.05) is 28.7 Å². The molecule has 190 valence electrons. The minimum absolute atomic E-state index is 0.209. The first-order valence-corrected chi connectivity index (χ1v) is 11.9. The molecule has 1 aromatic heterocycles. The summed E-state index contributed by atoms with van der Waals surface area (Å²) in [5.41, 5.74) is 1.74. The Hall–Kier alpha value is -4.59. The first-order valence-electron chi connectivity index (χ1n) is 11.9. The van der Waals surface area contributed by atoms with E-state index in [4.69, 9.17) is 9.47 Å². The molecule has 4 rings (SSSR count). The highest BCUT2D eigenvalue weighted by Crippen LogP contribution is 2.35. The number of fused-ring (bicyclic) bond motifs is 1. The number of rotatable bonds is 7. The molecule has 0 spiro atoms.